The molecule has 1 heterocycles. The van der Waals surface area contributed by atoms with Gasteiger partial charge in [0, 0.05) is 13.7 Å². The molecule has 0 radical (unpaired) electrons. The zero-order valence-corrected chi connectivity index (χ0v) is 10.1. The Morgan fingerprint density at radius 2 is 2.19 bits per heavy atom. The van der Waals surface area contributed by atoms with Crippen molar-refractivity contribution in [1.29, 1.82) is 0 Å². The highest BCUT2D eigenvalue weighted by molar-refractivity contribution is 4.71. The third-order valence-electron chi connectivity index (χ3n) is 2.51. The quantitative estimate of drug-likeness (QED) is 0.607. The second kappa shape index (κ2) is 7.97. The summed E-state index contributed by atoms with van der Waals surface area (Å²) in [6.45, 7) is 4.98. The highest BCUT2D eigenvalue weighted by Crippen LogP contribution is 2.04. The minimum absolute atomic E-state index is 0.00722. The van der Waals surface area contributed by atoms with Crippen LogP contribution < -0.4 is 5.32 Å². The highest BCUT2D eigenvalue weighted by atomic mass is 16.5. The van der Waals surface area contributed by atoms with Crippen LogP contribution in [0.2, 0.25) is 0 Å². The molecule has 0 aromatic rings. The van der Waals surface area contributed by atoms with Crippen molar-refractivity contribution in [1.82, 2.24) is 5.32 Å². The lowest BCUT2D eigenvalue weighted by Gasteiger charge is -2.17. The zero-order chi connectivity index (χ0) is 11.8. The largest absolute Gasteiger partial charge is 0.388 e. The van der Waals surface area contributed by atoms with Gasteiger partial charge in [-0.3, -0.25) is 0 Å². The van der Waals surface area contributed by atoms with Gasteiger partial charge >= 0.3 is 0 Å². The number of aliphatic hydroxyl groups excluding tert-OH is 1. The number of hydrogen-bond acceptors (Lipinski definition) is 5. The van der Waals surface area contributed by atoms with Crippen LogP contribution in [0.15, 0.2) is 0 Å². The van der Waals surface area contributed by atoms with Gasteiger partial charge < -0.3 is 24.6 Å². The van der Waals surface area contributed by atoms with Crippen LogP contribution in [0.3, 0.4) is 0 Å². The predicted molar refractivity (Wildman–Crippen MR) is 60.5 cm³/mol. The minimum Gasteiger partial charge on any atom is -0.388 e. The molecule has 1 saturated heterocycles. The van der Waals surface area contributed by atoms with E-state index in [2.05, 4.69) is 5.32 Å². The lowest BCUT2D eigenvalue weighted by molar-refractivity contribution is -0.0672. The average Bonchev–Trinajstić information content (AvgIpc) is 2.77. The Hall–Kier alpha value is -0.200. The Morgan fingerprint density at radius 3 is 2.81 bits per heavy atom. The van der Waals surface area contributed by atoms with Crippen LogP contribution >= 0.6 is 0 Å². The fourth-order valence-corrected chi connectivity index (χ4v) is 1.62. The fourth-order valence-electron chi connectivity index (χ4n) is 1.62. The summed E-state index contributed by atoms with van der Waals surface area (Å²) < 4.78 is 15.9. The number of ether oxygens (including phenoxy) is 3. The van der Waals surface area contributed by atoms with Crippen LogP contribution in [-0.2, 0) is 14.2 Å². The molecular weight excluding hydrogens is 210 g/mol. The van der Waals surface area contributed by atoms with Crippen molar-refractivity contribution in [3.8, 4) is 0 Å². The van der Waals surface area contributed by atoms with Gasteiger partial charge in [0.2, 0.25) is 0 Å². The van der Waals surface area contributed by atoms with Crippen molar-refractivity contribution < 1.29 is 19.3 Å². The van der Waals surface area contributed by atoms with Crippen molar-refractivity contribution in [2.24, 2.45) is 0 Å². The molecule has 0 spiro atoms. The van der Waals surface area contributed by atoms with Gasteiger partial charge in [0.25, 0.3) is 0 Å². The molecule has 1 aliphatic rings. The third-order valence-corrected chi connectivity index (χ3v) is 2.51. The zero-order valence-electron chi connectivity index (χ0n) is 10.1. The van der Waals surface area contributed by atoms with Gasteiger partial charge in [-0.2, -0.15) is 0 Å². The van der Waals surface area contributed by atoms with Crippen molar-refractivity contribution in [2.75, 3.05) is 40.0 Å². The topological polar surface area (TPSA) is 60.0 Å². The Kier molecular flexibility index (Phi) is 6.91. The van der Waals surface area contributed by atoms with Crippen LogP contribution in [0, 0.1) is 0 Å². The van der Waals surface area contributed by atoms with E-state index in [9.17, 15) is 5.11 Å². The lowest BCUT2D eigenvalue weighted by atomic mass is 10.3. The van der Waals surface area contributed by atoms with E-state index < -0.39 is 6.10 Å². The number of aliphatic hydroxyl groups is 1. The van der Waals surface area contributed by atoms with E-state index in [1.54, 1.807) is 7.11 Å². The molecule has 0 aromatic heterocycles. The summed E-state index contributed by atoms with van der Waals surface area (Å²) in [5.41, 5.74) is 0. The number of rotatable bonds is 8. The Bertz CT molecular complexity index is 173. The Morgan fingerprint density at radius 1 is 1.38 bits per heavy atom. The molecule has 0 bridgehead atoms. The molecule has 96 valence electrons. The monoisotopic (exact) mass is 233 g/mol. The molecule has 0 saturated carbocycles. The maximum absolute atomic E-state index is 9.62. The molecule has 3 unspecified atom stereocenters. The van der Waals surface area contributed by atoms with Gasteiger partial charge in [0.1, 0.15) is 6.10 Å². The molecule has 5 nitrogen and oxygen atoms in total. The van der Waals surface area contributed by atoms with E-state index in [1.807, 2.05) is 6.92 Å². The maximum atomic E-state index is 9.62. The summed E-state index contributed by atoms with van der Waals surface area (Å²) in [5, 5.41) is 12.8. The summed E-state index contributed by atoms with van der Waals surface area (Å²) in [6, 6.07) is 0. The number of methoxy groups -OCH3 is 1. The first-order valence-corrected chi connectivity index (χ1v) is 5.83. The normalized spacial score (nSPS) is 24.6. The van der Waals surface area contributed by atoms with Gasteiger partial charge in [-0.1, -0.05) is 0 Å². The average molecular weight is 233 g/mol. The third kappa shape index (κ3) is 5.77. The van der Waals surface area contributed by atoms with Gasteiger partial charge in [-0.25, -0.2) is 0 Å². The van der Waals surface area contributed by atoms with Crippen molar-refractivity contribution >= 4 is 0 Å². The molecule has 1 rings (SSSR count). The van der Waals surface area contributed by atoms with E-state index >= 15 is 0 Å². The van der Waals surface area contributed by atoms with E-state index in [0.29, 0.717) is 19.8 Å². The molecule has 16 heavy (non-hydrogen) atoms. The summed E-state index contributed by atoms with van der Waals surface area (Å²) >= 11 is 0. The van der Waals surface area contributed by atoms with Gasteiger partial charge in [-0.05, 0) is 19.9 Å². The molecule has 2 N–H and O–H groups in total. The Labute approximate surface area is 97.1 Å². The van der Waals surface area contributed by atoms with Crippen LogP contribution in [-0.4, -0.2) is 63.4 Å². The minimum atomic E-state index is -0.556. The SMILES string of the molecule is COCC(C)OCC(O)COC1CCNC1. The van der Waals surface area contributed by atoms with Gasteiger partial charge in [0.15, 0.2) is 0 Å². The number of nitrogens with one attached hydrogen (secondary N) is 1. The van der Waals surface area contributed by atoms with Crippen LogP contribution in [0.25, 0.3) is 0 Å². The first-order valence-electron chi connectivity index (χ1n) is 5.83. The van der Waals surface area contributed by atoms with Gasteiger partial charge in [0.05, 0.1) is 32.0 Å². The summed E-state index contributed by atoms with van der Waals surface area (Å²) in [6.07, 6.45) is 0.715. The predicted octanol–water partition coefficient (Wildman–Crippen LogP) is -0.223. The summed E-state index contributed by atoms with van der Waals surface area (Å²) in [7, 11) is 1.63. The second-order valence-electron chi connectivity index (χ2n) is 4.20. The molecule has 0 amide bonds. The van der Waals surface area contributed by atoms with E-state index in [0.717, 1.165) is 19.5 Å². The highest BCUT2D eigenvalue weighted by Gasteiger charge is 2.16. The van der Waals surface area contributed by atoms with Crippen molar-refractivity contribution in [3.63, 3.8) is 0 Å². The van der Waals surface area contributed by atoms with E-state index in [1.165, 1.54) is 0 Å². The first kappa shape index (κ1) is 13.9. The first-order chi connectivity index (χ1) is 7.72. The Balaban J connectivity index is 1.99. The summed E-state index contributed by atoms with van der Waals surface area (Å²) in [4.78, 5) is 0. The van der Waals surface area contributed by atoms with Crippen LogP contribution in [0.1, 0.15) is 13.3 Å². The van der Waals surface area contributed by atoms with Gasteiger partial charge in [-0.15, -0.1) is 0 Å². The maximum Gasteiger partial charge on any atom is 0.101 e. The lowest BCUT2D eigenvalue weighted by Crippen LogP contribution is -2.29. The van der Waals surface area contributed by atoms with Crippen molar-refractivity contribution in [2.45, 2.75) is 31.7 Å². The smallest absolute Gasteiger partial charge is 0.101 e. The number of hydrogen-bond donors (Lipinski definition) is 2. The molecule has 1 aliphatic heterocycles. The molecule has 0 aliphatic carbocycles. The molecule has 3 atom stereocenters. The fraction of sp³-hybridized carbons (Fsp3) is 1.00. The second-order valence-corrected chi connectivity index (χ2v) is 4.20. The van der Waals surface area contributed by atoms with Crippen LogP contribution in [0.5, 0.6) is 0 Å². The molecule has 0 aromatic carbocycles. The summed E-state index contributed by atoms with van der Waals surface area (Å²) in [5.74, 6) is 0. The van der Waals surface area contributed by atoms with Crippen LogP contribution in [0.4, 0.5) is 0 Å². The van der Waals surface area contributed by atoms with Crippen molar-refractivity contribution in [3.05, 3.63) is 0 Å². The van der Waals surface area contributed by atoms with E-state index in [4.69, 9.17) is 14.2 Å². The standard InChI is InChI=1S/C11H23NO4/c1-9(6-14-2)15-7-10(13)8-16-11-3-4-12-5-11/h9-13H,3-8H2,1-2H3. The molecule has 1 fully saturated rings. The molecule has 5 heteroatoms. The molecular formula is C11H23NO4. The van der Waals surface area contributed by atoms with E-state index in [-0.39, 0.29) is 12.2 Å².